The van der Waals surface area contributed by atoms with Crippen molar-refractivity contribution in [3.63, 3.8) is 0 Å². The van der Waals surface area contributed by atoms with Crippen LogP contribution in [-0.4, -0.2) is 42.7 Å². The summed E-state index contributed by atoms with van der Waals surface area (Å²) in [6.07, 6.45) is -0.424. The van der Waals surface area contributed by atoms with Gasteiger partial charge in [-0.2, -0.15) is 0 Å². The summed E-state index contributed by atoms with van der Waals surface area (Å²) in [4.78, 5) is 13.1. The molecule has 0 unspecified atom stereocenters. The minimum atomic E-state index is -1.34. The second kappa shape index (κ2) is 11.4. The first-order valence-electron chi connectivity index (χ1n) is 11.3. The molecule has 0 saturated carbocycles. The molecule has 0 atom stereocenters. The van der Waals surface area contributed by atoms with Crippen molar-refractivity contribution >= 4 is 11.8 Å². The summed E-state index contributed by atoms with van der Waals surface area (Å²) < 4.78 is 10.5. The van der Waals surface area contributed by atoms with E-state index in [2.05, 4.69) is 49.9 Å². The fourth-order valence-corrected chi connectivity index (χ4v) is 3.94. The molecule has 2 N–H and O–H groups in total. The van der Waals surface area contributed by atoms with Crippen LogP contribution in [0.2, 0.25) is 0 Å². The maximum atomic E-state index is 10.7. The Kier molecular flexibility index (Phi) is 8.33. The van der Waals surface area contributed by atoms with Gasteiger partial charge in [0.25, 0.3) is 0 Å². The predicted octanol–water partition coefficient (Wildman–Crippen LogP) is 5.86. The first-order chi connectivity index (χ1) is 16.0. The number of ether oxygens (including phenoxy) is 2. The summed E-state index contributed by atoms with van der Waals surface area (Å²) in [6.45, 7) is 8.53. The van der Waals surface area contributed by atoms with Crippen molar-refractivity contribution in [2.24, 2.45) is 0 Å². The lowest BCUT2D eigenvalue weighted by Crippen LogP contribution is -2.23. The SMILES string of the molecule is CCc1cc(-c2cc(-c3ccc(OC(=O)O)cc3)ccc2OCCO)ccc1N(CC)CC. The molecule has 0 heterocycles. The van der Waals surface area contributed by atoms with E-state index in [1.807, 2.05) is 24.3 Å². The highest BCUT2D eigenvalue weighted by Crippen LogP contribution is 2.37. The number of nitrogens with zero attached hydrogens (tertiary/aromatic N) is 1. The van der Waals surface area contributed by atoms with E-state index in [0.29, 0.717) is 5.75 Å². The zero-order valence-corrected chi connectivity index (χ0v) is 19.4. The lowest BCUT2D eigenvalue weighted by atomic mass is 9.95. The van der Waals surface area contributed by atoms with Gasteiger partial charge < -0.3 is 24.6 Å². The van der Waals surface area contributed by atoms with Gasteiger partial charge >= 0.3 is 6.16 Å². The van der Waals surface area contributed by atoms with E-state index in [1.54, 1.807) is 12.1 Å². The Balaban J connectivity index is 2.04. The number of aryl methyl sites for hydroxylation is 1. The van der Waals surface area contributed by atoms with E-state index in [-0.39, 0.29) is 19.0 Å². The molecule has 0 radical (unpaired) electrons. The summed E-state index contributed by atoms with van der Waals surface area (Å²) >= 11 is 0. The Bertz CT molecular complexity index is 1070. The van der Waals surface area contributed by atoms with Gasteiger partial charge in [-0.25, -0.2) is 4.79 Å². The molecule has 0 fully saturated rings. The first-order valence-corrected chi connectivity index (χ1v) is 11.3. The van der Waals surface area contributed by atoms with E-state index in [9.17, 15) is 9.90 Å². The van der Waals surface area contributed by atoms with Gasteiger partial charge in [-0.3, -0.25) is 0 Å². The maximum Gasteiger partial charge on any atom is 0.511 e. The topological polar surface area (TPSA) is 79.2 Å². The van der Waals surface area contributed by atoms with Crippen molar-refractivity contribution < 1.29 is 24.5 Å². The maximum absolute atomic E-state index is 10.7. The molecule has 0 aliphatic heterocycles. The molecular formula is C27H31NO5. The minimum Gasteiger partial charge on any atom is -0.491 e. The molecular weight excluding hydrogens is 418 g/mol. The molecule has 0 aromatic heterocycles. The molecule has 174 valence electrons. The van der Waals surface area contributed by atoms with Crippen LogP contribution in [0, 0.1) is 0 Å². The number of benzene rings is 3. The number of carboxylic acid groups (broad SMARTS) is 1. The summed E-state index contributed by atoms with van der Waals surface area (Å²) in [7, 11) is 0. The second-order valence-electron chi connectivity index (χ2n) is 7.54. The summed E-state index contributed by atoms with van der Waals surface area (Å²) in [5.41, 5.74) is 6.39. The summed E-state index contributed by atoms with van der Waals surface area (Å²) in [6, 6.07) is 19.3. The van der Waals surface area contributed by atoms with Crippen molar-refractivity contribution in [1.29, 1.82) is 0 Å². The van der Waals surface area contributed by atoms with Crippen molar-refractivity contribution in [2.75, 3.05) is 31.2 Å². The van der Waals surface area contributed by atoms with Crippen LogP contribution in [0.4, 0.5) is 10.5 Å². The van der Waals surface area contributed by atoms with E-state index in [4.69, 9.17) is 14.6 Å². The molecule has 3 rings (SSSR count). The van der Waals surface area contributed by atoms with Gasteiger partial charge in [0, 0.05) is 24.3 Å². The number of aliphatic hydroxyl groups excluding tert-OH is 1. The van der Waals surface area contributed by atoms with Crippen LogP contribution in [0.3, 0.4) is 0 Å². The third-order valence-electron chi connectivity index (χ3n) is 5.60. The number of anilines is 1. The van der Waals surface area contributed by atoms with Crippen LogP contribution >= 0.6 is 0 Å². The molecule has 0 saturated heterocycles. The Labute approximate surface area is 195 Å². The first kappa shape index (κ1) is 24.1. The van der Waals surface area contributed by atoms with Gasteiger partial charge in [-0.1, -0.05) is 31.2 Å². The van der Waals surface area contributed by atoms with Crippen LogP contribution in [0.1, 0.15) is 26.3 Å². The Morgan fingerprint density at radius 2 is 1.55 bits per heavy atom. The Hall–Kier alpha value is -3.51. The lowest BCUT2D eigenvalue weighted by Gasteiger charge is -2.25. The highest BCUT2D eigenvalue weighted by Gasteiger charge is 2.14. The smallest absolute Gasteiger partial charge is 0.491 e. The van der Waals surface area contributed by atoms with Crippen molar-refractivity contribution in [3.05, 3.63) is 66.2 Å². The normalized spacial score (nSPS) is 10.7. The Morgan fingerprint density at radius 3 is 2.15 bits per heavy atom. The van der Waals surface area contributed by atoms with Gasteiger partial charge in [-0.15, -0.1) is 0 Å². The van der Waals surface area contributed by atoms with Gasteiger partial charge in [0.05, 0.1) is 6.61 Å². The van der Waals surface area contributed by atoms with Gasteiger partial charge in [0.15, 0.2) is 0 Å². The fraction of sp³-hybridized carbons (Fsp3) is 0.296. The van der Waals surface area contributed by atoms with Crippen molar-refractivity contribution in [2.45, 2.75) is 27.2 Å². The van der Waals surface area contributed by atoms with E-state index in [1.165, 1.54) is 11.3 Å². The molecule has 0 aliphatic rings. The standard InChI is InChI=1S/C27H31NO5/c1-4-19-17-22(9-13-25(19)28(5-2)6-3)24-18-21(10-14-26(24)32-16-15-29)20-7-11-23(12-8-20)33-27(30)31/h7-14,17-18,29H,4-6,15-16H2,1-3H3,(H,30,31). The monoisotopic (exact) mass is 449 g/mol. The van der Waals surface area contributed by atoms with Crippen LogP contribution < -0.4 is 14.4 Å². The van der Waals surface area contributed by atoms with Crippen molar-refractivity contribution in [3.8, 4) is 33.8 Å². The fourth-order valence-electron chi connectivity index (χ4n) is 3.94. The predicted molar refractivity (Wildman–Crippen MR) is 131 cm³/mol. The van der Waals surface area contributed by atoms with Gasteiger partial charge in [-0.05, 0) is 78.9 Å². The highest BCUT2D eigenvalue weighted by molar-refractivity contribution is 5.79. The van der Waals surface area contributed by atoms with Crippen LogP contribution in [0.5, 0.6) is 11.5 Å². The van der Waals surface area contributed by atoms with Gasteiger partial charge in [0.2, 0.25) is 0 Å². The molecule has 33 heavy (non-hydrogen) atoms. The zero-order valence-electron chi connectivity index (χ0n) is 19.4. The average molecular weight is 450 g/mol. The van der Waals surface area contributed by atoms with Crippen LogP contribution in [0.15, 0.2) is 60.7 Å². The molecule has 3 aromatic rings. The third-order valence-corrected chi connectivity index (χ3v) is 5.60. The van der Waals surface area contributed by atoms with Crippen LogP contribution in [0.25, 0.3) is 22.3 Å². The number of carbonyl (C=O) groups is 1. The molecule has 0 amide bonds. The molecule has 6 nitrogen and oxygen atoms in total. The quantitative estimate of drug-likeness (QED) is 0.298. The largest absolute Gasteiger partial charge is 0.511 e. The molecule has 0 spiro atoms. The number of hydrogen-bond donors (Lipinski definition) is 2. The van der Waals surface area contributed by atoms with E-state index >= 15 is 0 Å². The molecule has 3 aromatic carbocycles. The van der Waals surface area contributed by atoms with Crippen LogP contribution in [-0.2, 0) is 6.42 Å². The second-order valence-corrected chi connectivity index (χ2v) is 7.54. The number of rotatable bonds is 10. The molecule has 0 aliphatic carbocycles. The molecule has 6 heteroatoms. The summed E-state index contributed by atoms with van der Waals surface area (Å²) in [5, 5.41) is 18.0. The molecule has 0 bridgehead atoms. The Morgan fingerprint density at radius 1 is 0.879 bits per heavy atom. The van der Waals surface area contributed by atoms with Crippen molar-refractivity contribution in [1.82, 2.24) is 0 Å². The summed E-state index contributed by atoms with van der Waals surface area (Å²) in [5.74, 6) is 0.977. The minimum absolute atomic E-state index is 0.0622. The third kappa shape index (κ3) is 5.84. The van der Waals surface area contributed by atoms with E-state index in [0.717, 1.165) is 41.8 Å². The number of hydrogen-bond acceptors (Lipinski definition) is 5. The average Bonchev–Trinajstić information content (AvgIpc) is 2.83. The highest BCUT2D eigenvalue weighted by atomic mass is 16.7. The van der Waals surface area contributed by atoms with E-state index < -0.39 is 6.16 Å². The zero-order chi connectivity index (χ0) is 23.8. The number of aliphatic hydroxyl groups is 1. The van der Waals surface area contributed by atoms with Gasteiger partial charge in [0.1, 0.15) is 18.1 Å². The lowest BCUT2D eigenvalue weighted by molar-refractivity contribution is 0.144.